The SMILES string of the molecule is C[C@@H](CCNC(=O)N1CCC[C@H](N2CCCC2=O)C1)c1ccccc1. The molecule has 0 aliphatic carbocycles. The van der Waals surface area contributed by atoms with E-state index in [1.165, 1.54) is 5.56 Å². The molecule has 0 spiro atoms. The highest BCUT2D eigenvalue weighted by Gasteiger charge is 2.32. The van der Waals surface area contributed by atoms with Gasteiger partial charge in [-0.3, -0.25) is 4.79 Å². The molecule has 3 rings (SSSR count). The van der Waals surface area contributed by atoms with Gasteiger partial charge in [-0.2, -0.15) is 0 Å². The predicted octanol–water partition coefficient (Wildman–Crippen LogP) is 2.98. The smallest absolute Gasteiger partial charge is 0.317 e. The highest BCUT2D eigenvalue weighted by molar-refractivity contribution is 5.79. The van der Waals surface area contributed by atoms with Gasteiger partial charge < -0.3 is 15.1 Å². The quantitative estimate of drug-likeness (QED) is 0.893. The molecule has 2 aliphatic rings. The highest BCUT2D eigenvalue weighted by atomic mass is 16.2. The van der Waals surface area contributed by atoms with Crippen molar-refractivity contribution < 1.29 is 9.59 Å². The molecule has 0 saturated carbocycles. The van der Waals surface area contributed by atoms with Crippen LogP contribution in [0.2, 0.25) is 0 Å². The molecule has 2 aliphatic heterocycles. The van der Waals surface area contributed by atoms with Crippen LogP contribution in [0.1, 0.15) is 50.5 Å². The molecule has 0 bridgehead atoms. The Kier molecular flexibility index (Phi) is 5.95. The fourth-order valence-corrected chi connectivity index (χ4v) is 3.90. The number of nitrogens with zero attached hydrogens (tertiary/aromatic N) is 2. The molecule has 0 unspecified atom stereocenters. The molecule has 0 radical (unpaired) electrons. The highest BCUT2D eigenvalue weighted by Crippen LogP contribution is 2.22. The number of carbonyl (C=O) groups is 2. The van der Waals surface area contributed by atoms with E-state index >= 15 is 0 Å². The van der Waals surface area contributed by atoms with Gasteiger partial charge in [-0.25, -0.2) is 4.79 Å². The van der Waals surface area contributed by atoms with Gasteiger partial charge in [-0.05, 0) is 37.2 Å². The monoisotopic (exact) mass is 343 g/mol. The number of likely N-dealkylation sites (tertiary alicyclic amines) is 2. The average Bonchev–Trinajstić information content (AvgIpc) is 3.08. The molecule has 1 aromatic rings. The summed E-state index contributed by atoms with van der Waals surface area (Å²) in [6.45, 7) is 5.19. The first-order valence-electron chi connectivity index (χ1n) is 9.52. The van der Waals surface area contributed by atoms with E-state index in [4.69, 9.17) is 0 Å². The Morgan fingerprint density at radius 1 is 1.24 bits per heavy atom. The van der Waals surface area contributed by atoms with Crippen LogP contribution in [0.5, 0.6) is 0 Å². The zero-order valence-electron chi connectivity index (χ0n) is 15.1. The molecule has 5 heteroatoms. The maximum absolute atomic E-state index is 12.5. The molecule has 2 atom stereocenters. The van der Waals surface area contributed by atoms with Crippen LogP contribution in [0.15, 0.2) is 30.3 Å². The van der Waals surface area contributed by atoms with Crippen LogP contribution < -0.4 is 5.32 Å². The first-order chi connectivity index (χ1) is 12.1. The number of rotatable bonds is 5. The van der Waals surface area contributed by atoms with Crippen molar-refractivity contribution in [2.24, 2.45) is 0 Å². The fraction of sp³-hybridized carbons (Fsp3) is 0.600. The van der Waals surface area contributed by atoms with Gasteiger partial charge in [-0.15, -0.1) is 0 Å². The molecule has 2 fully saturated rings. The Balaban J connectivity index is 1.44. The molecular weight excluding hydrogens is 314 g/mol. The van der Waals surface area contributed by atoms with E-state index < -0.39 is 0 Å². The first kappa shape index (κ1) is 17.8. The Hall–Kier alpha value is -2.04. The van der Waals surface area contributed by atoms with Gasteiger partial charge >= 0.3 is 6.03 Å². The molecule has 1 N–H and O–H groups in total. The van der Waals surface area contributed by atoms with Crippen LogP contribution in [0.25, 0.3) is 0 Å². The summed E-state index contributed by atoms with van der Waals surface area (Å²) >= 11 is 0. The maximum Gasteiger partial charge on any atom is 0.317 e. The Morgan fingerprint density at radius 2 is 2.04 bits per heavy atom. The number of benzene rings is 1. The molecule has 3 amide bonds. The fourth-order valence-electron chi connectivity index (χ4n) is 3.90. The number of carbonyl (C=O) groups excluding carboxylic acids is 2. The van der Waals surface area contributed by atoms with E-state index in [0.29, 0.717) is 25.4 Å². The third-order valence-corrected chi connectivity index (χ3v) is 5.46. The van der Waals surface area contributed by atoms with Gasteiger partial charge in [0.25, 0.3) is 0 Å². The van der Waals surface area contributed by atoms with Gasteiger partial charge in [-0.1, -0.05) is 37.3 Å². The van der Waals surface area contributed by atoms with Crippen molar-refractivity contribution in [3.05, 3.63) is 35.9 Å². The zero-order chi connectivity index (χ0) is 17.6. The number of amides is 3. The second kappa shape index (κ2) is 8.37. The lowest BCUT2D eigenvalue weighted by Crippen LogP contribution is -2.52. The number of hydrogen-bond donors (Lipinski definition) is 1. The third-order valence-electron chi connectivity index (χ3n) is 5.46. The van der Waals surface area contributed by atoms with Crippen LogP contribution in [-0.4, -0.2) is 54.0 Å². The predicted molar refractivity (Wildman–Crippen MR) is 98.4 cm³/mol. The van der Waals surface area contributed by atoms with Gasteiger partial charge in [0.2, 0.25) is 5.91 Å². The van der Waals surface area contributed by atoms with Gasteiger partial charge in [0, 0.05) is 38.6 Å². The summed E-state index contributed by atoms with van der Waals surface area (Å²) in [7, 11) is 0. The normalized spacial score (nSPS) is 22.1. The van der Waals surface area contributed by atoms with E-state index in [-0.39, 0.29) is 18.0 Å². The summed E-state index contributed by atoms with van der Waals surface area (Å²) in [6, 6.07) is 10.6. The molecule has 1 aromatic carbocycles. The molecule has 0 aromatic heterocycles. The van der Waals surface area contributed by atoms with Crippen LogP contribution in [-0.2, 0) is 4.79 Å². The minimum Gasteiger partial charge on any atom is -0.338 e. The maximum atomic E-state index is 12.5. The van der Waals surface area contributed by atoms with Crippen molar-refractivity contribution in [2.75, 3.05) is 26.2 Å². The average molecular weight is 343 g/mol. The van der Waals surface area contributed by atoms with Crippen molar-refractivity contribution in [1.29, 1.82) is 0 Å². The largest absolute Gasteiger partial charge is 0.338 e. The van der Waals surface area contributed by atoms with Crippen molar-refractivity contribution in [3.8, 4) is 0 Å². The number of piperidine rings is 1. The second-order valence-corrected chi connectivity index (χ2v) is 7.27. The molecule has 2 heterocycles. The van der Waals surface area contributed by atoms with E-state index in [9.17, 15) is 9.59 Å². The Bertz CT molecular complexity index is 590. The lowest BCUT2D eigenvalue weighted by atomic mass is 9.98. The summed E-state index contributed by atoms with van der Waals surface area (Å²) in [5, 5.41) is 3.06. The van der Waals surface area contributed by atoms with E-state index in [1.54, 1.807) is 0 Å². The van der Waals surface area contributed by atoms with Crippen LogP contribution in [0.3, 0.4) is 0 Å². The van der Waals surface area contributed by atoms with Crippen molar-refractivity contribution in [1.82, 2.24) is 15.1 Å². The molecule has 5 nitrogen and oxygen atoms in total. The van der Waals surface area contributed by atoms with E-state index in [2.05, 4.69) is 36.5 Å². The summed E-state index contributed by atoms with van der Waals surface area (Å²) in [4.78, 5) is 28.3. The molecule has 136 valence electrons. The minimum absolute atomic E-state index is 0.0107. The van der Waals surface area contributed by atoms with Gasteiger partial charge in [0.15, 0.2) is 0 Å². The van der Waals surface area contributed by atoms with Gasteiger partial charge in [0.1, 0.15) is 0 Å². The van der Waals surface area contributed by atoms with Crippen LogP contribution >= 0.6 is 0 Å². The lowest BCUT2D eigenvalue weighted by molar-refractivity contribution is -0.130. The number of nitrogens with one attached hydrogen (secondary N) is 1. The molecular formula is C20H29N3O2. The third kappa shape index (κ3) is 4.53. The second-order valence-electron chi connectivity index (χ2n) is 7.27. The van der Waals surface area contributed by atoms with Crippen molar-refractivity contribution >= 4 is 11.9 Å². The van der Waals surface area contributed by atoms with Gasteiger partial charge in [0.05, 0.1) is 0 Å². The summed E-state index contributed by atoms with van der Waals surface area (Å²) in [6.07, 6.45) is 4.54. The molecule has 25 heavy (non-hydrogen) atoms. The van der Waals surface area contributed by atoms with Crippen LogP contribution in [0.4, 0.5) is 4.79 Å². The topological polar surface area (TPSA) is 52.7 Å². The number of urea groups is 1. The zero-order valence-corrected chi connectivity index (χ0v) is 15.1. The number of hydrogen-bond acceptors (Lipinski definition) is 2. The Labute approximate surface area is 150 Å². The van der Waals surface area contributed by atoms with Crippen LogP contribution in [0, 0.1) is 0 Å². The lowest BCUT2D eigenvalue weighted by Gasteiger charge is -2.37. The van der Waals surface area contributed by atoms with E-state index in [1.807, 2.05) is 15.9 Å². The summed E-state index contributed by atoms with van der Waals surface area (Å²) in [5.41, 5.74) is 1.31. The van der Waals surface area contributed by atoms with E-state index in [0.717, 1.165) is 38.8 Å². The first-order valence-corrected chi connectivity index (χ1v) is 9.52. The standard InChI is InChI=1S/C20H29N3O2/c1-16(17-7-3-2-4-8-17)11-12-21-20(25)22-13-5-9-18(15-22)23-14-6-10-19(23)24/h2-4,7-8,16,18H,5-6,9-15H2,1H3,(H,21,25)/t16-,18-/m0/s1. The van der Waals surface area contributed by atoms with Crippen molar-refractivity contribution in [3.63, 3.8) is 0 Å². The van der Waals surface area contributed by atoms with Crippen molar-refractivity contribution in [2.45, 2.75) is 51.0 Å². The summed E-state index contributed by atoms with van der Waals surface area (Å²) < 4.78 is 0. The minimum atomic E-state index is 0.0107. The summed E-state index contributed by atoms with van der Waals surface area (Å²) in [5.74, 6) is 0.682. The Morgan fingerprint density at radius 3 is 2.76 bits per heavy atom. The molecule has 2 saturated heterocycles.